The first kappa shape index (κ1) is 12.1. The van der Waals surface area contributed by atoms with Gasteiger partial charge in [-0.15, -0.1) is 0 Å². The van der Waals surface area contributed by atoms with Gasteiger partial charge in [0.1, 0.15) is 5.82 Å². The van der Waals surface area contributed by atoms with Crippen molar-refractivity contribution in [3.63, 3.8) is 0 Å². The number of rotatable bonds is 3. The molecule has 2 rings (SSSR count). The van der Waals surface area contributed by atoms with Gasteiger partial charge >= 0.3 is 0 Å². The minimum absolute atomic E-state index is 0.269. The number of hydrogen-bond acceptors (Lipinski definition) is 6. The predicted octanol–water partition coefficient (Wildman–Crippen LogP) is 0.278. The number of anilines is 2. The van der Waals surface area contributed by atoms with Gasteiger partial charge in [-0.1, -0.05) is 0 Å². The highest BCUT2D eigenvalue weighted by Gasteiger charge is 2.27. The third-order valence-electron chi connectivity index (χ3n) is 3.28. The molecule has 6 heteroatoms. The van der Waals surface area contributed by atoms with Gasteiger partial charge in [-0.3, -0.25) is 5.43 Å². The molecule has 0 saturated carbocycles. The second-order valence-corrected chi connectivity index (χ2v) is 4.58. The smallest absolute Gasteiger partial charge is 0.239 e. The zero-order valence-corrected chi connectivity index (χ0v) is 10.2. The second kappa shape index (κ2) is 4.85. The average Bonchev–Trinajstić information content (AvgIpc) is 2.79. The predicted molar refractivity (Wildman–Crippen MR) is 66.6 cm³/mol. The first-order valence-electron chi connectivity index (χ1n) is 5.85. The maximum Gasteiger partial charge on any atom is 0.239 e. The average molecular weight is 237 g/mol. The van der Waals surface area contributed by atoms with Gasteiger partial charge in [-0.2, -0.15) is 4.98 Å². The lowest BCUT2D eigenvalue weighted by atomic mass is 10.0. The van der Waals surface area contributed by atoms with Crippen LogP contribution in [0.2, 0.25) is 0 Å². The van der Waals surface area contributed by atoms with Gasteiger partial charge in [0.2, 0.25) is 5.95 Å². The number of aromatic nitrogens is 2. The summed E-state index contributed by atoms with van der Waals surface area (Å²) >= 11 is 0. The number of aliphatic hydroxyl groups excluding tert-OH is 1. The second-order valence-electron chi connectivity index (χ2n) is 4.58. The van der Waals surface area contributed by atoms with E-state index in [1.54, 1.807) is 6.20 Å². The van der Waals surface area contributed by atoms with Crippen LogP contribution in [0.5, 0.6) is 0 Å². The molecule has 2 heterocycles. The van der Waals surface area contributed by atoms with E-state index in [0.29, 0.717) is 11.9 Å². The van der Waals surface area contributed by atoms with E-state index in [2.05, 4.69) is 20.3 Å². The molecule has 4 N–H and O–H groups in total. The number of nitrogens with zero attached hydrogens (tertiary/aromatic N) is 3. The standard InChI is InChI=1S/C11H19N5O/c1-7-5-13-11(15-12)14-10(7)16-4-3-9(6-16)8(2)17/h5,8-9,17H,3-4,6,12H2,1-2H3,(H,13,14,15). The normalized spacial score (nSPS) is 21.6. The van der Waals surface area contributed by atoms with E-state index >= 15 is 0 Å². The highest BCUT2D eigenvalue weighted by atomic mass is 16.3. The van der Waals surface area contributed by atoms with E-state index in [1.807, 2.05) is 13.8 Å². The van der Waals surface area contributed by atoms with E-state index in [1.165, 1.54) is 0 Å². The molecular formula is C11H19N5O. The molecule has 0 amide bonds. The van der Waals surface area contributed by atoms with Crippen LogP contribution in [0.3, 0.4) is 0 Å². The van der Waals surface area contributed by atoms with Crippen LogP contribution in [0, 0.1) is 12.8 Å². The van der Waals surface area contributed by atoms with Gasteiger partial charge in [0, 0.05) is 30.8 Å². The Bertz CT molecular complexity index is 395. The Morgan fingerprint density at radius 2 is 2.41 bits per heavy atom. The van der Waals surface area contributed by atoms with Crippen LogP contribution in [0.15, 0.2) is 6.20 Å². The summed E-state index contributed by atoms with van der Waals surface area (Å²) in [5, 5.41) is 9.60. The van der Waals surface area contributed by atoms with Crippen molar-refractivity contribution in [3.8, 4) is 0 Å². The molecule has 17 heavy (non-hydrogen) atoms. The summed E-state index contributed by atoms with van der Waals surface area (Å²) in [7, 11) is 0. The molecule has 0 bridgehead atoms. The van der Waals surface area contributed by atoms with Crippen molar-refractivity contribution in [2.24, 2.45) is 11.8 Å². The SMILES string of the molecule is Cc1cnc(NN)nc1N1CCC(C(C)O)C1. The highest BCUT2D eigenvalue weighted by molar-refractivity contribution is 5.49. The van der Waals surface area contributed by atoms with Crippen LogP contribution in [-0.2, 0) is 0 Å². The van der Waals surface area contributed by atoms with Gasteiger partial charge in [0.05, 0.1) is 6.10 Å². The van der Waals surface area contributed by atoms with Gasteiger partial charge in [0.15, 0.2) is 0 Å². The minimum atomic E-state index is -0.269. The number of nitrogens with one attached hydrogen (secondary N) is 1. The third kappa shape index (κ3) is 2.48. The molecule has 6 nitrogen and oxygen atoms in total. The van der Waals surface area contributed by atoms with Crippen molar-refractivity contribution in [3.05, 3.63) is 11.8 Å². The Balaban J connectivity index is 2.18. The molecule has 1 fully saturated rings. The van der Waals surface area contributed by atoms with Gasteiger partial charge in [-0.25, -0.2) is 10.8 Å². The fraction of sp³-hybridized carbons (Fsp3) is 0.636. The minimum Gasteiger partial charge on any atom is -0.393 e. The number of aryl methyl sites for hydroxylation is 1. The summed E-state index contributed by atoms with van der Waals surface area (Å²) in [6, 6.07) is 0. The Morgan fingerprint density at radius 1 is 1.65 bits per heavy atom. The molecule has 1 aliphatic heterocycles. The zero-order chi connectivity index (χ0) is 12.4. The summed E-state index contributed by atoms with van der Waals surface area (Å²) < 4.78 is 0. The molecule has 1 aromatic heterocycles. The number of aliphatic hydroxyl groups is 1. The van der Waals surface area contributed by atoms with Gasteiger partial charge in [-0.05, 0) is 20.3 Å². The molecule has 1 saturated heterocycles. The maximum atomic E-state index is 9.60. The van der Waals surface area contributed by atoms with E-state index in [9.17, 15) is 5.11 Å². The van der Waals surface area contributed by atoms with E-state index in [4.69, 9.17) is 5.84 Å². The van der Waals surface area contributed by atoms with Crippen LogP contribution < -0.4 is 16.2 Å². The molecule has 0 spiro atoms. The maximum absolute atomic E-state index is 9.60. The molecule has 1 aliphatic rings. The molecule has 1 aromatic rings. The van der Waals surface area contributed by atoms with Gasteiger partial charge < -0.3 is 10.0 Å². The molecular weight excluding hydrogens is 218 g/mol. The largest absolute Gasteiger partial charge is 0.393 e. The van der Waals surface area contributed by atoms with Crippen molar-refractivity contribution < 1.29 is 5.11 Å². The van der Waals surface area contributed by atoms with Crippen LogP contribution >= 0.6 is 0 Å². The molecule has 0 aromatic carbocycles. The number of hydrogen-bond donors (Lipinski definition) is 3. The van der Waals surface area contributed by atoms with Crippen molar-refractivity contribution in [1.29, 1.82) is 0 Å². The van der Waals surface area contributed by atoms with Gasteiger partial charge in [0.25, 0.3) is 0 Å². The van der Waals surface area contributed by atoms with Crippen molar-refractivity contribution >= 4 is 11.8 Å². The van der Waals surface area contributed by atoms with E-state index in [0.717, 1.165) is 30.9 Å². The number of nitrogen functional groups attached to an aromatic ring is 1. The first-order chi connectivity index (χ1) is 8.11. The lowest BCUT2D eigenvalue weighted by molar-refractivity contribution is 0.136. The summed E-state index contributed by atoms with van der Waals surface area (Å²) in [5.41, 5.74) is 3.48. The van der Waals surface area contributed by atoms with Crippen molar-refractivity contribution in [2.75, 3.05) is 23.4 Å². The summed E-state index contributed by atoms with van der Waals surface area (Å²) in [4.78, 5) is 10.6. The van der Waals surface area contributed by atoms with Crippen LogP contribution in [0.25, 0.3) is 0 Å². The zero-order valence-electron chi connectivity index (χ0n) is 10.2. The quantitative estimate of drug-likeness (QED) is 0.517. The fourth-order valence-corrected chi connectivity index (χ4v) is 2.20. The monoisotopic (exact) mass is 237 g/mol. The van der Waals surface area contributed by atoms with Crippen LogP contribution in [0.4, 0.5) is 11.8 Å². The Kier molecular flexibility index (Phi) is 3.44. The highest BCUT2D eigenvalue weighted by Crippen LogP contribution is 2.26. The van der Waals surface area contributed by atoms with E-state index < -0.39 is 0 Å². The fourth-order valence-electron chi connectivity index (χ4n) is 2.20. The summed E-state index contributed by atoms with van der Waals surface area (Å²) in [6.45, 7) is 5.57. The van der Waals surface area contributed by atoms with Crippen molar-refractivity contribution in [1.82, 2.24) is 9.97 Å². The number of hydrazine groups is 1. The topological polar surface area (TPSA) is 87.3 Å². The molecule has 2 unspecified atom stereocenters. The third-order valence-corrected chi connectivity index (χ3v) is 3.28. The van der Waals surface area contributed by atoms with Crippen LogP contribution in [0.1, 0.15) is 18.9 Å². The summed E-state index contributed by atoms with van der Waals surface area (Å²) in [6.07, 6.45) is 2.48. The van der Waals surface area contributed by atoms with Crippen LogP contribution in [-0.4, -0.2) is 34.3 Å². The number of nitrogens with two attached hydrogens (primary N) is 1. The molecule has 94 valence electrons. The Morgan fingerprint density at radius 3 is 3.00 bits per heavy atom. The molecule has 0 aliphatic carbocycles. The molecule has 2 atom stereocenters. The lowest BCUT2D eigenvalue weighted by Crippen LogP contribution is -2.26. The molecule has 0 radical (unpaired) electrons. The Labute approximate surface area is 101 Å². The van der Waals surface area contributed by atoms with Crippen molar-refractivity contribution in [2.45, 2.75) is 26.4 Å². The van der Waals surface area contributed by atoms with E-state index in [-0.39, 0.29) is 6.10 Å². The lowest BCUT2D eigenvalue weighted by Gasteiger charge is -2.20. The first-order valence-corrected chi connectivity index (χ1v) is 5.85. The Hall–Kier alpha value is -1.40. The summed E-state index contributed by atoms with van der Waals surface area (Å²) in [5.74, 6) is 6.95.